The molecule has 0 aliphatic carbocycles. The monoisotopic (exact) mass is 239 g/mol. The summed E-state index contributed by atoms with van der Waals surface area (Å²) in [6.45, 7) is 8.83. The molecule has 96 valence electrons. The Morgan fingerprint density at radius 1 is 1.47 bits per heavy atom. The molecule has 0 saturated carbocycles. The number of likely N-dealkylation sites (N-methyl/N-ethyl adjacent to an activating group) is 1. The fourth-order valence-electron chi connectivity index (χ4n) is 1.70. The van der Waals surface area contributed by atoms with Gasteiger partial charge in [-0.15, -0.1) is 0 Å². The summed E-state index contributed by atoms with van der Waals surface area (Å²) in [5.41, 5.74) is 1.49. The van der Waals surface area contributed by atoms with Gasteiger partial charge in [0.15, 0.2) is 5.69 Å². The highest BCUT2D eigenvalue weighted by atomic mass is 16.5. The molecule has 17 heavy (non-hydrogen) atoms. The van der Waals surface area contributed by atoms with E-state index < -0.39 is 0 Å². The van der Waals surface area contributed by atoms with Crippen molar-refractivity contribution in [2.45, 2.75) is 33.9 Å². The van der Waals surface area contributed by atoms with Gasteiger partial charge in [-0.2, -0.15) is 5.10 Å². The molecular formula is C12H21N3O2. The lowest BCUT2D eigenvalue weighted by Gasteiger charge is -2.22. The van der Waals surface area contributed by atoms with Crippen LogP contribution in [0.25, 0.3) is 0 Å². The molecule has 0 atom stereocenters. The summed E-state index contributed by atoms with van der Waals surface area (Å²) in [6.07, 6.45) is 0. The van der Waals surface area contributed by atoms with E-state index in [0.717, 1.165) is 25.3 Å². The van der Waals surface area contributed by atoms with Crippen molar-refractivity contribution in [1.82, 2.24) is 14.7 Å². The molecule has 0 aromatic carbocycles. The first-order chi connectivity index (χ1) is 8.20. The highest BCUT2D eigenvalue weighted by molar-refractivity contribution is 5.87. The van der Waals surface area contributed by atoms with Crippen LogP contribution in [0.2, 0.25) is 0 Å². The van der Waals surface area contributed by atoms with Gasteiger partial charge in [0.1, 0.15) is 0 Å². The van der Waals surface area contributed by atoms with Crippen LogP contribution >= 0.6 is 0 Å². The van der Waals surface area contributed by atoms with Crippen LogP contribution in [0, 0.1) is 0 Å². The van der Waals surface area contributed by atoms with Crippen molar-refractivity contribution in [1.29, 1.82) is 0 Å². The van der Waals surface area contributed by atoms with Crippen molar-refractivity contribution in [3.05, 3.63) is 17.5 Å². The number of rotatable bonds is 2. The van der Waals surface area contributed by atoms with Crippen LogP contribution < -0.4 is 0 Å². The smallest absolute Gasteiger partial charge is 0.358 e. The third-order valence-electron chi connectivity index (χ3n) is 2.47. The summed E-state index contributed by atoms with van der Waals surface area (Å²) in [7, 11) is 2.06. The van der Waals surface area contributed by atoms with Crippen molar-refractivity contribution in [3.8, 4) is 0 Å². The number of ether oxygens (including phenoxy) is 1. The van der Waals surface area contributed by atoms with Crippen LogP contribution in [0.4, 0.5) is 0 Å². The van der Waals surface area contributed by atoms with Crippen LogP contribution in [0.5, 0.6) is 0 Å². The Bertz CT molecular complexity index is 374. The summed E-state index contributed by atoms with van der Waals surface area (Å²) in [4.78, 5) is 13.6. The minimum absolute atomic E-state index is 0.331. The number of carbonyl (C=O) groups excluding carboxylic acids is 1. The normalized spacial score (nSPS) is 14.6. The molecule has 0 fully saturated rings. The largest absolute Gasteiger partial charge is 0.461 e. The SMILES string of the molecule is CC.CCOC(=O)c1cc2n(n1)CCN(C)C2. The molecule has 1 aliphatic heterocycles. The molecule has 0 saturated heterocycles. The number of hydrogen-bond acceptors (Lipinski definition) is 4. The highest BCUT2D eigenvalue weighted by Gasteiger charge is 2.19. The second kappa shape index (κ2) is 6.39. The lowest BCUT2D eigenvalue weighted by atomic mass is 10.3. The highest BCUT2D eigenvalue weighted by Crippen LogP contribution is 2.12. The predicted octanol–water partition coefficient (Wildman–Crippen LogP) is 1.53. The summed E-state index contributed by atoms with van der Waals surface area (Å²) in [6, 6.07) is 1.81. The molecule has 0 N–H and O–H groups in total. The maximum Gasteiger partial charge on any atom is 0.358 e. The van der Waals surface area contributed by atoms with Gasteiger partial charge in [-0.3, -0.25) is 9.58 Å². The van der Waals surface area contributed by atoms with Crippen LogP contribution in [-0.2, 0) is 17.8 Å². The van der Waals surface area contributed by atoms with Crippen molar-refractivity contribution >= 4 is 5.97 Å². The average Bonchev–Trinajstić information content (AvgIpc) is 2.75. The van der Waals surface area contributed by atoms with Gasteiger partial charge < -0.3 is 4.74 Å². The van der Waals surface area contributed by atoms with Gasteiger partial charge in [0, 0.05) is 13.1 Å². The molecule has 2 heterocycles. The first-order valence-electron chi connectivity index (χ1n) is 6.13. The van der Waals surface area contributed by atoms with Gasteiger partial charge >= 0.3 is 5.97 Å². The Balaban J connectivity index is 0.000000686. The zero-order chi connectivity index (χ0) is 12.8. The fourth-order valence-corrected chi connectivity index (χ4v) is 1.70. The number of aromatic nitrogens is 2. The summed E-state index contributed by atoms with van der Waals surface area (Å²) >= 11 is 0. The fraction of sp³-hybridized carbons (Fsp3) is 0.667. The molecule has 0 amide bonds. The Labute approximate surface area is 102 Å². The molecule has 5 heteroatoms. The molecule has 5 nitrogen and oxygen atoms in total. The minimum atomic E-state index is -0.331. The third kappa shape index (κ3) is 3.30. The average molecular weight is 239 g/mol. The summed E-state index contributed by atoms with van der Waals surface area (Å²) in [5.74, 6) is -0.331. The van der Waals surface area contributed by atoms with E-state index in [1.165, 1.54) is 0 Å². The van der Waals surface area contributed by atoms with Crippen LogP contribution in [-0.4, -0.2) is 40.8 Å². The number of carbonyl (C=O) groups is 1. The maximum absolute atomic E-state index is 11.4. The minimum Gasteiger partial charge on any atom is -0.461 e. The van der Waals surface area contributed by atoms with Crippen molar-refractivity contribution in [2.75, 3.05) is 20.2 Å². The van der Waals surface area contributed by atoms with E-state index in [0.29, 0.717) is 12.3 Å². The van der Waals surface area contributed by atoms with Crippen molar-refractivity contribution in [3.63, 3.8) is 0 Å². The van der Waals surface area contributed by atoms with Gasteiger partial charge in [0.25, 0.3) is 0 Å². The first kappa shape index (κ1) is 13.7. The topological polar surface area (TPSA) is 47.4 Å². The number of hydrogen-bond donors (Lipinski definition) is 0. The molecule has 2 rings (SSSR count). The third-order valence-corrected chi connectivity index (χ3v) is 2.47. The van der Waals surface area contributed by atoms with E-state index in [1.54, 1.807) is 6.92 Å². The number of esters is 1. The molecule has 0 bridgehead atoms. The Morgan fingerprint density at radius 3 is 2.82 bits per heavy atom. The Hall–Kier alpha value is -1.36. The zero-order valence-corrected chi connectivity index (χ0v) is 11.1. The van der Waals surface area contributed by atoms with E-state index in [1.807, 2.05) is 24.6 Å². The van der Waals surface area contributed by atoms with E-state index in [-0.39, 0.29) is 5.97 Å². The molecule has 1 aromatic rings. The lowest BCUT2D eigenvalue weighted by molar-refractivity contribution is 0.0518. The van der Waals surface area contributed by atoms with Gasteiger partial charge in [-0.1, -0.05) is 13.8 Å². The second-order valence-corrected chi connectivity index (χ2v) is 3.70. The molecule has 0 unspecified atom stereocenters. The van der Waals surface area contributed by atoms with Gasteiger partial charge in [0.05, 0.1) is 18.8 Å². The lowest BCUT2D eigenvalue weighted by Crippen LogP contribution is -2.30. The van der Waals surface area contributed by atoms with Crippen LogP contribution in [0.1, 0.15) is 37.0 Å². The van der Waals surface area contributed by atoms with Crippen molar-refractivity contribution in [2.24, 2.45) is 0 Å². The summed E-state index contributed by atoms with van der Waals surface area (Å²) in [5, 5.41) is 4.22. The van der Waals surface area contributed by atoms with Crippen LogP contribution in [0.3, 0.4) is 0 Å². The first-order valence-corrected chi connectivity index (χ1v) is 6.13. The molecule has 0 spiro atoms. The summed E-state index contributed by atoms with van der Waals surface area (Å²) < 4.78 is 6.79. The standard InChI is InChI=1S/C10H15N3O2.C2H6/c1-3-15-10(14)9-6-8-7-12(2)4-5-13(8)11-9;1-2/h6H,3-5,7H2,1-2H3;1-2H3. The molecule has 0 radical (unpaired) electrons. The zero-order valence-electron chi connectivity index (χ0n) is 11.1. The number of fused-ring (bicyclic) bond motifs is 1. The molecule has 1 aliphatic rings. The molecular weight excluding hydrogens is 218 g/mol. The van der Waals surface area contributed by atoms with E-state index in [2.05, 4.69) is 17.0 Å². The Kier molecular flexibility index (Phi) is 5.15. The predicted molar refractivity (Wildman–Crippen MR) is 65.9 cm³/mol. The van der Waals surface area contributed by atoms with Gasteiger partial charge in [-0.25, -0.2) is 4.79 Å². The van der Waals surface area contributed by atoms with Gasteiger partial charge in [-0.05, 0) is 20.0 Å². The van der Waals surface area contributed by atoms with Gasteiger partial charge in [0.2, 0.25) is 0 Å². The quantitative estimate of drug-likeness (QED) is 0.734. The maximum atomic E-state index is 11.4. The van der Waals surface area contributed by atoms with E-state index in [9.17, 15) is 4.79 Å². The van der Waals surface area contributed by atoms with Crippen molar-refractivity contribution < 1.29 is 9.53 Å². The van der Waals surface area contributed by atoms with Crippen LogP contribution in [0.15, 0.2) is 6.07 Å². The Morgan fingerprint density at radius 2 is 2.18 bits per heavy atom. The second-order valence-electron chi connectivity index (χ2n) is 3.70. The van der Waals surface area contributed by atoms with E-state index >= 15 is 0 Å². The number of nitrogens with zero attached hydrogens (tertiary/aromatic N) is 3. The molecule has 1 aromatic heterocycles. The van der Waals surface area contributed by atoms with E-state index in [4.69, 9.17) is 4.74 Å².